The molecule has 10 atom stereocenters. The number of hydrogen-bond acceptors (Lipinski definition) is 5. The third kappa shape index (κ3) is 5.82. The molecule has 0 spiro atoms. The van der Waals surface area contributed by atoms with Crippen molar-refractivity contribution in [2.24, 2.45) is 56.7 Å². The molecule has 7 aliphatic rings. The fraction of sp³-hybridized carbons (Fsp3) is 0.848. The number of aliphatic carboxylic acids is 1. The van der Waals surface area contributed by atoms with E-state index >= 15 is 0 Å². The Bertz CT molecular complexity index is 1480. The molecule has 5 saturated carbocycles. The minimum absolute atomic E-state index is 0.0290. The van der Waals surface area contributed by atoms with Crippen molar-refractivity contribution in [1.82, 2.24) is 5.32 Å². The Morgan fingerprint density at radius 2 is 1.62 bits per heavy atom. The summed E-state index contributed by atoms with van der Waals surface area (Å²) in [6.45, 7) is 20.7. The number of allylic oxidation sites excluding steroid dienone is 5. The molecule has 0 amide bonds. The van der Waals surface area contributed by atoms with Gasteiger partial charge < -0.3 is 20.6 Å². The van der Waals surface area contributed by atoms with E-state index in [-0.39, 0.29) is 33.8 Å². The molecule has 0 radical (unpaired) electrons. The highest BCUT2D eigenvalue weighted by Gasteiger charge is 2.70. The largest absolute Gasteiger partial charge is 0.481 e. The summed E-state index contributed by atoms with van der Waals surface area (Å²) in [5.41, 5.74) is 3.66. The highest BCUT2D eigenvalue weighted by atomic mass is 32.2. The van der Waals surface area contributed by atoms with Crippen molar-refractivity contribution in [3.05, 3.63) is 35.5 Å². The molecule has 7 rings (SSSR count). The minimum atomic E-state index is -1.03. The van der Waals surface area contributed by atoms with Crippen LogP contribution in [0.3, 0.4) is 0 Å². The van der Waals surface area contributed by atoms with Crippen LogP contribution in [0.15, 0.2) is 35.5 Å². The molecule has 4 N–H and O–H groups in total. The first-order valence-corrected chi connectivity index (χ1v) is 22.6. The SMILES string of the molecule is C=C(C)[C@@H]1CC[C@]2(NCC[C@]3(O)CC[C@@H](SC)CC3)CC[C@]3(C)[C@H](CC[C@@H]4[C@@]5(C)CC=C(C6=CC[C@@](CO)(C(=O)O)CC6)C(C)(C)[C@@H]5CC[C@]43C)[C@@H]12. The van der Waals surface area contributed by atoms with Crippen molar-refractivity contribution >= 4 is 17.7 Å². The number of carboxylic acid groups (broad SMARTS) is 1. The maximum atomic E-state index is 12.1. The van der Waals surface area contributed by atoms with Crippen LogP contribution in [0.1, 0.15) is 151 Å². The summed E-state index contributed by atoms with van der Waals surface area (Å²) in [7, 11) is 0. The zero-order valence-corrected chi connectivity index (χ0v) is 34.7. The average Bonchev–Trinajstić information content (AvgIpc) is 3.49. The van der Waals surface area contributed by atoms with Crippen LogP contribution >= 0.6 is 11.8 Å². The smallest absolute Gasteiger partial charge is 0.312 e. The van der Waals surface area contributed by atoms with E-state index in [9.17, 15) is 20.1 Å². The van der Waals surface area contributed by atoms with Crippen LogP contribution in [-0.4, -0.2) is 57.1 Å². The molecule has 5 nitrogen and oxygen atoms in total. The summed E-state index contributed by atoms with van der Waals surface area (Å²) >= 11 is 1.97. The first-order chi connectivity index (χ1) is 24.4. The lowest BCUT2D eigenvalue weighted by Gasteiger charge is -2.72. The van der Waals surface area contributed by atoms with Crippen LogP contribution in [-0.2, 0) is 4.79 Å². The van der Waals surface area contributed by atoms with Crippen molar-refractivity contribution in [3.63, 3.8) is 0 Å². The van der Waals surface area contributed by atoms with Gasteiger partial charge in [-0.15, -0.1) is 0 Å². The second kappa shape index (κ2) is 13.5. The number of aliphatic hydroxyl groups excluding tert-OH is 1. The third-order valence-electron chi connectivity index (χ3n) is 18.6. The predicted molar refractivity (Wildman–Crippen MR) is 215 cm³/mol. The van der Waals surface area contributed by atoms with E-state index in [1.807, 2.05) is 11.8 Å². The van der Waals surface area contributed by atoms with E-state index in [1.54, 1.807) is 0 Å². The van der Waals surface area contributed by atoms with Gasteiger partial charge in [0.1, 0.15) is 0 Å². The van der Waals surface area contributed by atoms with Gasteiger partial charge in [-0.1, -0.05) is 58.9 Å². The Morgan fingerprint density at radius 1 is 0.885 bits per heavy atom. The molecule has 0 bridgehead atoms. The standard InChI is InChI=1S/C46H73NO4S/c1-30(2)33-15-24-46(47-28-27-45(51)22-13-32(52-8)14-23-45)26-25-42(6)35(38(33)46)9-10-37-41(5)18-16-34(40(3,4)36(41)17-19-43(37,42)7)31-11-20-44(29-48,21-12-31)39(49)50/h11,16,32-33,35-38,47-48,51H,1,9-10,12-15,17-29H2,2-8H3,(H,49,50)/t32-,33-,35+,36-,37+,38+,41-,42+,43+,44+,45+,46-/m0/s1. The lowest BCUT2D eigenvalue weighted by atomic mass is 9.33. The molecule has 0 aromatic rings. The number of carboxylic acids is 1. The van der Waals surface area contributed by atoms with Crippen LogP contribution in [0.4, 0.5) is 0 Å². The summed E-state index contributed by atoms with van der Waals surface area (Å²) in [6, 6.07) is 0. The van der Waals surface area contributed by atoms with Crippen LogP contribution in [0.5, 0.6) is 0 Å². The van der Waals surface area contributed by atoms with Gasteiger partial charge in [-0.2, -0.15) is 11.8 Å². The van der Waals surface area contributed by atoms with Crippen molar-refractivity contribution in [2.45, 2.75) is 167 Å². The molecule has 0 heterocycles. The van der Waals surface area contributed by atoms with Gasteiger partial charge in [-0.05, 0) is 191 Å². The average molecular weight is 736 g/mol. The molecule has 0 aromatic heterocycles. The van der Waals surface area contributed by atoms with Gasteiger partial charge in [0.2, 0.25) is 0 Å². The highest BCUT2D eigenvalue weighted by Crippen LogP contribution is 2.76. The Balaban J connectivity index is 1.13. The Morgan fingerprint density at radius 3 is 2.23 bits per heavy atom. The Kier molecular flexibility index (Phi) is 10.2. The molecule has 52 heavy (non-hydrogen) atoms. The molecule has 0 saturated heterocycles. The van der Waals surface area contributed by atoms with Crippen LogP contribution in [0.25, 0.3) is 0 Å². The first-order valence-electron chi connectivity index (χ1n) is 21.3. The molecule has 0 aromatic carbocycles. The maximum Gasteiger partial charge on any atom is 0.312 e. The summed E-state index contributed by atoms with van der Waals surface area (Å²) in [6.07, 6.45) is 25.1. The molecule has 292 valence electrons. The quantitative estimate of drug-likeness (QED) is 0.176. The van der Waals surface area contributed by atoms with E-state index in [1.165, 1.54) is 68.1 Å². The molecular formula is C46H73NO4S. The number of hydrogen-bond donors (Lipinski definition) is 4. The normalized spacial score (nSPS) is 48.3. The van der Waals surface area contributed by atoms with Gasteiger partial charge in [-0.3, -0.25) is 4.79 Å². The molecule has 0 unspecified atom stereocenters. The van der Waals surface area contributed by atoms with E-state index in [0.29, 0.717) is 47.7 Å². The topological polar surface area (TPSA) is 89.8 Å². The fourth-order valence-electron chi connectivity index (χ4n) is 15.3. The summed E-state index contributed by atoms with van der Waals surface area (Å²) < 4.78 is 0. The molecular weight excluding hydrogens is 663 g/mol. The fourth-order valence-corrected chi connectivity index (χ4v) is 16.0. The zero-order chi connectivity index (χ0) is 37.5. The lowest BCUT2D eigenvalue weighted by Crippen LogP contribution is -2.68. The lowest BCUT2D eigenvalue weighted by molar-refractivity contribution is -0.221. The van der Waals surface area contributed by atoms with Crippen LogP contribution in [0.2, 0.25) is 0 Å². The van der Waals surface area contributed by atoms with Crippen molar-refractivity contribution in [2.75, 3.05) is 19.4 Å². The number of carbonyl (C=O) groups is 1. The second-order valence-electron chi connectivity index (χ2n) is 20.9. The van der Waals surface area contributed by atoms with E-state index < -0.39 is 17.0 Å². The Hall–Kier alpha value is -1.08. The number of aliphatic hydroxyl groups is 2. The number of fused-ring (bicyclic) bond motifs is 7. The zero-order valence-electron chi connectivity index (χ0n) is 33.9. The number of nitrogens with one attached hydrogen (secondary N) is 1. The minimum Gasteiger partial charge on any atom is -0.481 e. The van der Waals surface area contributed by atoms with Gasteiger partial charge in [0, 0.05) is 10.8 Å². The van der Waals surface area contributed by atoms with Gasteiger partial charge in [0.15, 0.2) is 0 Å². The number of thioether (sulfide) groups is 1. The van der Waals surface area contributed by atoms with Crippen LogP contribution < -0.4 is 5.32 Å². The van der Waals surface area contributed by atoms with E-state index in [0.717, 1.165) is 51.5 Å². The van der Waals surface area contributed by atoms with Crippen LogP contribution in [0, 0.1) is 56.7 Å². The highest BCUT2D eigenvalue weighted by molar-refractivity contribution is 7.99. The van der Waals surface area contributed by atoms with Gasteiger partial charge >= 0.3 is 5.97 Å². The Labute approximate surface area is 320 Å². The first kappa shape index (κ1) is 39.2. The van der Waals surface area contributed by atoms with Gasteiger partial charge in [0.25, 0.3) is 0 Å². The van der Waals surface area contributed by atoms with Gasteiger partial charge in [0.05, 0.1) is 17.6 Å². The molecule has 7 aliphatic carbocycles. The van der Waals surface area contributed by atoms with Gasteiger partial charge in [-0.25, -0.2) is 0 Å². The van der Waals surface area contributed by atoms with Crippen molar-refractivity contribution in [1.29, 1.82) is 0 Å². The summed E-state index contributed by atoms with van der Waals surface area (Å²) in [5.74, 6) is 2.31. The summed E-state index contributed by atoms with van der Waals surface area (Å²) in [4.78, 5) is 12.1. The van der Waals surface area contributed by atoms with Crippen molar-refractivity contribution in [3.8, 4) is 0 Å². The molecule has 0 aliphatic heterocycles. The molecule has 5 fully saturated rings. The summed E-state index contributed by atoms with van der Waals surface area (Å²) in [5, 5.41) is 36.5. The van der Waals surface area contributed by atoms with E-state index in [2.05, 4.69) is 71.8 Å². The second-order valence-corrected chi connectivity index (χ2v) is 22.0. The monoisotopic (exact) mass is 736 g/mol. The van der Waals surface area contributed by atoms with E-state index in [4.69, 9.17) is 0 Å². The maximum absolute atomic E-state index is 12.1. The third-order valence-corrected chi connectivity index (χ3v) is 19.8. The van der Waals surface area contributed by atoms with Crippen molar-refractivity contribution < 1.29 is 20.1 Å². The predicted octanol–water partition coefficient (Wildman–Crippen LogP) is 10.1. The molecule has 6 heteroatoms. The number of rotatable bonds is 9.